The van der Waals surface area contributed by atoms with Gasteiger partial charge in [-0.25, -0.2) is 4.85 Å². The number of nitrogens with zero attached hydrogens (tertiary/aromatic N) is 2. The molecular formula is C71H64F6N2O6S2. The number of methoxy groups -OCH3 is 1. The van der Waals surface area contributed by atoms with E-state index in [0.29, 0.717) is 37.7 Å². The maximum atomic E-state index is 8.88. The molecule has 2 aromatic heterocycles. The van der Waals surface area contributed by atoms with E-state index >= 15 is 0 Å². The lowest BCUT2D eigenvalue weighted by Gasteiger charge is -2.11. The zero-order valence-electron chi connectivity index (χ0n) is 48.5. The zero-order chi connectivity index (χ0) is 61.9. The standard InChI is InChI=1S/C47H41NO4S2.C24H23NO2.3F2/c1-30-46(42-23-21-38(49-4)27-44(42)53-30)40-7-5-8-41(40)47-31(2)54-45-28-39(22-24-43(45)47)51-26-6-25-50-36-17-9-32(10-18-36)29-52-37-19-13-34(14-20-37)33-11-15-35(48-3)16-12-33;1-2-3-16-26-23-12-6-20(7-13-23)18-27-24-14-10-22(11-15-24)21-8-4-19(17-25)5-9-21;3*1-2/h9-24,27-28H,5-8,25-26,29H2,1-2,4H3;4-15H,2-3,16,18H2,1H3;;;. The molecule has 0 radical (unpaired) electrons. The summed E-state index contributed by atoms with van der Waals surface area (Å²) in [5.74, 6) is 5.19. The minimum Gasteiger partial charge on any atom is -0.497 e. The van der Waals surface area contributed by atoms with Gasteiger partial charge in [0.25, 0.3) is 0 Å². The molecule has 11 rings (SSSR count). The molecule has 0 amide bonds. The lowest BCUT2D eigenvalue weighted by atomic mass is 9.93. The molecule has 0 bridgehead atoms. The number of hydrogen-bond donors (Lipinski definition) is 0. The molecule has 1 aliphatic rings. The van der Waals surface area contributed by atoms with Crippen LogP contribution in [0.2, 0.25) is 0 Å². The molecule has 8 aromatic carbocycles. The van der Waals surface area contributed by atoms with Gasteiger partial charge in [0.05, 0.1) is 45.1 Å². The Hall–Kier alpha value is -9.22. The first-order valence-corrected chi connectivity index (χ1v) is 29.7. The number of ether oxygens (including phenoxy) is 6. The van der Waals surface area contributed by atoms with Gasteiger partial charge in [0, 0.05) is 63.8 Å². The fourth-order valence-corrected chi connectivity index (χ4v) is 12.3. The molecule has 16 heteroatoms. The van der Waals surface area contributed by atoms with Gasteiger partial charge >= 0.3 is 0 Å². The second-order valence-corrected chi connectivity index (χ2v) is 22.4. The molecule has 0 saturated carbocycles. The van der Waals surface area contributed by atoms with Crippen LogP contribution in [0.3, 0.4) is 0 Å². The van der Waals surface area contributed by atoms with Crippen molar-refractivity contribution in [2.45, 2.75) is 72.5 Å². The highest BCUT2D eigenvalue weighted by Crippen LogP contribution is 2.50. The van der Waals surface area contributed by atoms with Crippen LogP contribution in [0.25, 0.3) is 58.4 Å². The van der Waals surface area contributed by atoms with Crippen LogP contribution in [0.4, 0.5) is 33.1 Å². The summed E-state index contributed by atoms with van der Waals surface area (Å²) >= 11 is 3.74. The highest BCUT2D eigenvalue weighted by molar-refractivity contribution is 7.19. The summed E-state index contributed by atoms with van der Waals surface area (Å²) in [4.78, 5) is 6.21. The van der Waals surface area contributed by atoms with E-state index in [4.69, 9.17) is 67.7 Å². The van der Waals surface area contributed by atoms with E-state index in [-0.39, 0.29) is 0 Å². The van der Waals surface area contributed by atoms with E-state index in [1.165, 1.54) is 58.6 Å². The largest absolute Gasteiger partial charge is 0.497 e. The summed E-state index contributed by atoms with van der Waals surface area (Å²) in [6.45, 7) is 16.7. The summed E-state index contributed by atoms with van der Waals surface area (Å²) in [6, 6.07) is 62.5. The second-order valence-electron chi connectivity index (χ2n) is 19.9. The van der Waals surface area contributed by atoms with Gasteiger partial charge in [0.1, 0.15) is 47.7 Å². The average molecular weight is 1220 g/mol. The molecule has 8 nitrogen and oxygen atoms in total. The highest BCUT2D eigenvalue weighted by Gasteiger charge is 2.26. The maximum Gasteiger partial charge on any atom is 0.187 e. The molecule has 87 heavy (non-hydrogen) atoms. The van der Waals surface area contributed by atoms with Crippen LogP contribution in [0, 0.1) is 31.8 Å². The molecule has 0 saturated heterocycles. The summed E-state index contributed by atoms with van der Waals surface area (Å²) in [5, 5.41) is 11.5. The Morgan fingerprint density at radius 1 is 0.471 bits per heavy atom. The van der Waals surface area contributed by atoms with Crippen LogP contribution < -0.4 is 28.4 Å². The fourth-order valence-electron chi connectivity index (χ4n) is 10.1. The smallest absolute Gasteiger partial charge is 0.187 e. The summed E-state index contributed by atoms with van der Waals surface area (Å²) < 4.78 is 85.9. The van der Waals surface area contributed by atoms with Gasteiger partial charge in [-0.05, 0) is 192 Å². The minimum atomic E-state index is 0.475. The first kappa shape index (κ1) is 65.3. The molecule has 0 spiro atoms. The molecule has 2 heterocycles. The average Bonchev–Trinajstić information content (AvgIpc) is 2.02. The van der Waals surface area contributed by atoms with Gasteiger partial charge in [-0.2, -0.15) is 5.26 Å². The molecule has 10 aromatic rings. The van der Waals surface area contributed by atoms with Crippen LogP contribution in [-0.2, 0) is 13.2 Å². The topological polar surface area (TPSA) is 83.5 Å². The van der Waals surface area contributed by atoms with E-state index in [9.17, 15) is 0 Å². The van der Waals surface area contributed by atoms with Crippen LogP contribution in [0.1, 0.15) is 83.0 Å². The van der Waals surface area contributed by atoms with Crippen molar-refractivity contribution >= 4 is 59.7 Å². The first-order valence-electron chi connectivity index (χ1n) is 28.0. The van der Waals surface area contributed by atoms with Crippen molar-refractivity contribution in [3.05, 3.63) is 231 Å². The summed E-state index contributed by atoms with van der Waals surface area (Å²) in [6.07, 6.45) is 6.41. The van der Waals surface area contributed by atoms with Gasteiger partial charge in [0.2, 0.25) is 0 Å². The first-order chi connectivity index (χ1) is 42.7. The molecular weight excluding hydrogens is 1150 g/mol. The van der Waals surface area contributed by atoms with Crippen LogP contribution in [-0.4, -0.2) is 26.9 Å². The van der Waals surface area contributed by atoms with Crippen molar-refractivity contribution in [1.82, 2.24) is 0 Å². The number of benzene rings is 8. The SMILES string of the molecule is CCCCOc1ccc(COc2ccc(-c3ccc(C#N)cc3)cc2)cc1.FF.FF.FF.[C-]#[N+]c1ccc(-c2ccc(OCc3ccc(OCCCOc4ccc5c(C6=C(c7c(C)sc8cc(OC)ccc78)CCC6)c(C)sc5c4)cc3)cc2)cc1. The van der Waals surface area contributed by atoms with Gasteiger partial charge in [0.15, 0.2) is 5.69 Å². The third-order valence-corrected chi connectivity index (χ3v) is 16.5. The van der Waals surface area contributed by atoms with Crippen LogP contribution in [0.5, 0.6) is 34.5 Å². The molecule has 0 fully saturated rings. The minimum absolute atomic E-state index is 0.475. The molecule has 448 valence electrons. The van der Waals surface area contributed by atoms with Crippen molar-refractivity contribution in [3.63, 3.8) is 0 Å². The predicted octanol–water partition coefficient (Wildman–Crippen LogP) is 22.0. The van der Waals surface area contributed by atoms with Crippen LogP contribution >= 0.6 is 22.7 Å². The summed E-state index contributed by atoms with van der Waals surface area (Å²) in [7, 11) is 1.73. The van der Waals surface area contributed by atoms with E-state index in [1.54, 1.807) is 7.11 Å². The Balaban J connectivity index is 0.000000275. The zero-order valence-corrected chi connectivity index (χ0v) is 50.2. The Kier molecular flexibility index (Phi) is 25.6. The number of nitriles is 1. The Bertz CT molecular complexity index is 3860. The van der Waals surface area contributed by atoms with E-state index in [1.807, 2.05) is 168 Å². The van der Waals surface area contributed by atoms with E-state index in [2.05, 4.69) is 68.1 Å². The molecule has 0 aliphatic heterocycles. The number of allylic oxidation sites excluding steroid dienone is 2. The highest BCUT2D eigenvalue weighted by atomic mass is 32.1. The quantitative estimate of drug-likeness (QED) is 0.0403. The number of thiophene rings is 2. The third kappa shape index (κ3) is 17.7. The van der Waals surface area contributed by atoms with Gasteiger partial charge in [-0.1, -0.05) is 98.3 Å². The number of halogens is 6. The normalized spacial score (nSPS) is 11.3. The van der Waals surface area contributed by atoms with Gasteiger partial charge in [-0.15, -0.1) is 22.7 Å². The Labute approximate surface area is 511 Å². The van der Waals surface area contributed by atoms with Gasteiger partial charge in [-0.3, -0.25) is 0 Å². The van der Waals surface area contributed by atoms with E-state index in [0.717, 1.165) is 107 Å². The number of rotatable bonds is 21. The molecule has 0 unspecified atom stereocenters. The second kappa shape index (κ2) is 34.1. The van der Waals surface area contributed by atoms with Gasteiger partial charge < -0.3 is 28.4 Å². The molecule has 0 atom stereocenters. The number of unbranched alkanes of at least 4 members (excludes halogenated alkanes) is 1. The van der Waals surface area contributed by atoms with Crippen molar-refractivity contribution < 1.29 is 55.9 Å². The monoisotopic (exact) mass is 1220 g/mol. The molecule has 1 aliphatic carbocycles. The predicted molar refractivity (Wildman–Crippen MR) is 339 cm³/mol. The summed E-state index contributed by atoms with van der Waals surface area (Å²) in [5.41, 5.74) is 13.7. The Morgan fingerprint density at radius 3 is 1.26 bits per heavy atom. The van der Waals surface area contributed by atoms with E-state index < -0.39 is 0 Å². The van der Waals surface area contributed by atoms with Crippen molar-refractivity contribution in [2.24, 2.45) is 0 Å². The lowest BCUT2D eigenvalue weighted by Crippen LogP contribution is -2.05. The van der Waals surface area contributed by atoms with Crippen molar-refractivity contribution in [1.29, 1.82) is 5.26 Å². The number of fused-ring (bicyclic) bond motifs is 2. The Morgan fingerprint density at radius 2 is 0.839 bits per heavy atom. The number of aryl methyl sites for hydroxylation is 2. The maximum absolute atomic E-state index is 8.88. The lowest BCUT2D eigenvalue weighted by molar-refractivity contribution is 0.108. The van der Waals surface area contributed by atoms with Crippen LogP contribution in [0.15, 0.2) is 182 Å². The van der Waals surface area contributed by atoms with Crippen molar-refractivity contribution in [2.75, 3.05) is 26.9 Å². The molecule has 0 N–H and O–H groups in total. The third-order valence-electron chi connectivity index (χ3n) is 14.4. The fraction of sp³-hybridized carbons (Fsp3) is 0.211. The van der Waals surface area contributed by atoms with Crippen molar-refractivity contribution in [3.8, 4) is 62.8 Å². The number of hydrogen-bond acceptors (Lipinski definition) is 9.